The number of hydrogen-bond donors (Lipinski definition) is 1. The van der Waals surface area contributed by atoms with E-state index in [0.29, 0.717) is 18.4 Å². The van der Waals surface area contributed by atoms with Crippen molar-refractivity contribution in [2.24, 2.45) is 11.8 Å². The molecular formula is C14H31NO2. The lowest BCUT2D eigenvalue weighted by Crippen LogP contribution is -2.35. The molecular weight excluding hydrogens is 214 g/mol. The molecule has 0 aromatic heterocycles. The van der Waals surface area contributed by atoms with Crippen LogP contribution in [0.2, 0.25) is 0 Å². The molecule has 2 unspecified atom stereocenters. The van der Waals surface area contributed by atoms with Gasteiger partial charge in [-0.05, 0) is 24.8 Å². The molecule has 0 aromatic rings. The van der Waals surface area contributed by atoms with E-state index in [2.05, 4.69) is 33.0 Å². The third-order valence-corrected chi connectivity index (χ3v) is 2.68. The van der Waals surface area contributed by atoms with E-state index in [0.717, 1.165) is 19.7 Å². The Morgan fingerprint density at radius 2 is 1.76 bits per heavy atom. The fraction of sp³-hybridized carbons (Fsp3) is 1.00. The van der Waals surface area contributed by atoms with Gasteiger partial charge in [0.2, 0.25) is 0 Å². The molecule has 0 saturated heterocycles. The van der Waals surface area contributed by atoms with E-state index in [1.807, 2.05) is 0 Å². The van der Waals surface area contributed by atoms with E-state index in [9.17, 15) is 0 Å². The van der Waals surface area contributed by atoms with Crippen LogP contribution in [0, 0.1) is 11.8 Å². The second-order valence-electron chi connectivity index (χ2n) is 5.36. The zero-order valence-electron chi connectivity index (χ0n) is 12.3. The van der Waals surface area contributed by atoms with Crippen molar-refractivity contribution < 1.29 is 9.47 Å². The predicted octanol–water partition coefficient (Wildman–Crippen LogP) is 2.70. The van der Waals surface area contributed by atoms with Crippen LogP contribution in [0.15, 0.2) is 0 Å². The second kappa shape index (κ2) is 11.0. The molecule has 0 rings (SSSR count). The van der Waals surface area contributed by atoms with Gasteiger partial charge >= 0.3 is 0 Å². The van der Waals surface area contributed by atoms with Gasteiger partial charge in [-0.25, -0.2) is 0 Å². The summed E-state index contributed by atoms with van der Waals surface area (Å²) in [6, 6.07) is 0. The number of methoxy groups -OCH3 is 1. The Morgan fingerprint density at radius 1 is 1.06 bits per heavy atom. The topological polar surface area (TPSA) is 30.5 Å². The Morgan fingerprint density at radius 3 is 2.29 bits per heavy atom. The van der Waals surface area contributed by atoms with Crippen molar-refractivity contribution in [3.05, 3.63) is 0 Å². The van der Waals surface area contributed by atoms with E-state index in [1.165, 1.54) is 12.8 Å². The van der Waals surface area contributed by atoms with Crippen LogP contribution in [0.1, 0.15) is 40.5 Å². The third-order valence-electron chi connectivity index (χ3n) is 2.68. The third kappa shape index (κ3) is 10.7. The summed E-state index contributed by atoms with van der Waals surface area (Å²) in [7, 11) is 1.73. The van der Waals surface area contributed by atoms with Crippen molar-refractivity contribution in [2.45, 2.75) is 46.6 Å². The molecule has 0 aromatic carbocycles. The van der Waals surface area contributed by atoms with Gasteiger partial charge in [0.25, 0.3) is 0 Å². The SMILES string of the molecule is CCCC(C)COC(CNCC(C)C)COC. The molecule has 0 heterocycles. The van der Waals surface area contributed by atoms with Gasteiger partial charge in [-0.3, -0.25) is 0 Å². The Labute approximate surface area is 107 Å². The van der Waals surface area contributed by atoms with E-state index in [1.54, 1.807) is 7.11 Å². The van der Waals surface area contributed by atoms with Crippen LogP contribution in [0.3, 0.4) is 0 Å². The maximum absolute atomic E-state index is 5.89. The normalized spacial score (nSPS) is 15.2. The van der Waals surface area contributed by atoms with Gasteiger partial charge in [-0.1, -0.05) is 34.1 Å². The first-order valence-electron chi connectivity index (χ1n) is 6.91. The van der Waals surface area contributed by atoms with Gasteiger partial charge in [0.1, 0.15) is 0 Å². The molecule has 0 radical (unpaired) electrons. The van der Waals surface area contributed by atoms with Gasteiger partial charge in [-0.15, -0.1) is 0 Å². The molecule has 104 valence electrons. The van der Waals surface area contributed by atoms with Crippen LogP contribution in [-0.2, 0) is 9.47 Å². The van der Waals surface area contributed by atoms with Crippen molar-refractivity contribution in [1.29, 1.82) is 0 Å². The number of hydrogen-bond acceptors (Lipinski definition) is 3. The summed E-state index contributed by atoms with van der Waals surface area (Å²) in [6.45, 7) is 12.3. The van der Waals surface area contributed by atoms with Crippen LogP contribution in [0.4, 0.5) is 0 Å². The van der Waals surface area contributed by atoms with E-state index in [-0.39, 0.29) is 6.10 Å². The molecule has 3 heteroatoms. The average molecular weight is 245 g/mol. The predicted molar refractivity (Wildman–Crippen MR) is 73.4 cm³/mol. The highest BCUT2D eigenvalue weighted by Crippen LogP contribution is 2.07. The first-order valence-corrected chi connectivity index (χ1v) is 6.91. The summed E-state index contributed by atoms with van der Waals surface area (Å²) in [6.07, 6.45) is 2.64. The van der Waals surface area contributed by atoms with Crippen LogP contribution in [0.5, 0.6) is 0 Å². The molecule has 17 heavy (non-hydrogen) atoms. The van der Waals surface area contributed by atoms with E-state index in [4.69, 9.17) is 9.47 Å². The second-order valence-corrected chi connectivity index (χ2v) is 5.36. The Bertz CT molecular complexity index is 162. The summed E-state index contributed by atoms with van der Waals surface area (Å²) >= 11 is 0. The van der Waals surface area contributed by atoms with Crippen molar-refractivity contribution in [1.82, 2.24) is 5.32 Å². The molecule has 0 saturated carbocycles. The number of rotatable bonds is 11. The zero-order chi connectivity index (χ0) is 13.1. The molecule has 2 atom stereocenters. The molecule has 0 aliphatic heterocycles. The van der Waals surface area contributed by atoms with Gasteiger partial charge in [0, 0.05) is 20.3 Å². The standard InChI is InChI=1S/C14H31NO2/c1-6-7-13(4)10-17-14(11-16-5)9-15-8-12(2)3/h12-15H,6-11H2,1-5H3. The van der Waals surface area contributed by atoms with Gasteiger partial charge in [-0.2, -0.15) is 0 Å². The fourth-order valence-electron chi connectivity index (χ4n) is 1.76. The summed E-state index contributed by atoms with van der Waals surface area (Å²) in [5, 5.41) is 3.42. The number of ether oxygens (including phenoxy) is 2. The summed E-state index contributed by atoms with van der Waals surface area (Å²) in [5.74, 6) is 1.32. The highest BCUT2D eigenvalue weighted by atomic mass is 16.5. The molecule has 0 amide bonds. The quantitative estimate of drug-likeness (QED) is 0.607. The minimum absolute atomic E-state index is 0.179. The highest BCUT2D eigenvalue weighted by Gasteiger charge is 2.11. The Kier molecular flexibility index (Phi) is 10.9. The zero-order valence-corrected chi connectivity index (χ0v) is 12.3. The van der Waals surface area contributed by atoms with E-state index < -0.39 is 0 Å². The lowest BCUT2D eigenvalue weighted by molar-refractivity contribution is -0.0150. The molecule has 3 nitrogen and oxygen atoms in total. The maximum atomic E-state index is 5.89. The number of nitrogens with one attached hydrogen (secondary N) is 1. The van der Waals surface area contributed by atoms with Gasteiger partial charge in [0.05, 0.1) is 12.7 Å². The van der Waals surface area contributed by atoms with E-state index >= 15 is 0 Å². The minimum atomic E-state index is 0.179. The first kappa shape index (κ1) is 16.9. The largest absolute Gasteiger partial charge is 0.382 e. The van der Waals surface area contributed by atoms with Crippen LogP contribution >= 0.6 is 0 Å². The Balaban J connectivity index is 3.73. The van der Waals surface area contributed by atoms with Crippen LogP contribution in [0.25, 0.3) is 0 Å². The summed E-state index contributed by atoms with van der Waals surface area (Å²) in [5.41, 5.74) is 0. The fourth-order valence-corrected chi connectivity index (χ4v) is 1.76. The Hall–Kier alpha value is -0.120. The van der Waals surface area contributed by atoms with Crippen molar-refractivity contribution >= 4 is 0 Å². The molecule has 0 spiro atoms. The maximum Gasteiger partial charge on any atom is 0.0932 e. The molecule has 0 aliphatic rings. The lowest BCUT2D eigenvalue weighted by atomic mass is 10.1. The molecule has 0 aliphatic carbocycles. The van der Waals surface area contributed by atoms with Gasteiger partial charge in [0.15, 0.2) is 0 Å². The van der Waals surface area contributed by atoms with Crippen molar-refractivity contribution in [3.63, 3.8) is 0 Å². The van der Waals surface area contributed by atoms with Crippen LogP contribution < -0.4 is 5.32 Å². The molecule has 0 bridgehead atoms. The molecule has 0 fully saturated rings. The summed E-state index contributed by atoms with van der Waals surface area (Å²) in [4.78, 5) is 0. The van der Waals surface area contributed by atoms with Crippen LogP contribution in [-0.4, -0.2) is 39.5 Å². The minimum Gasteiger partial charge on any atom is -0.382 e. The highest BCUT2D eigenvalue weighted by molar-refractivity contribution is 4.63. The monoisotopic (exact) mass is 245 g/mol. The van der Waals surface area contributed by atoms with Crippen molar-refractivity contribution in [3.8, 4) is 0 Å². The van der Waals surface area contributed by atoms with Gasteiger partial charge < -0.3 is 14.8 Å². The molecule has 1 N–H and O–H groups in total. The average Bonchev–Trinajstić information content (AvgIpc) is 2.26. The lowest BCUT2D eigenvalue weighted by Gasteiger charge is -2.20. The first-order chi connectivity index (χ1) is 8.10. The van der Waals surface area contributed by atoms with Crippen molar-refractivity contribution in [2.75, 3.05) is 33.4 Å². The smallest absolute Gasteiger partial charge is 0.0932 e. The summed E-state index contributed by atoms with van der Waals surface area (Å²) < 4.78 is 11.1.